The van der Waals surface area contributed by atoms with Gasteiger partial charge in [0.05, 0.1) is 17.9 Å². The molecule has 0 amide bonds. The number of alkyl halides is 2. The average Bonchev–Trinajstić information content (AvgIpc) is 1.80. The largest absolute Gasteiger partial charge is 0.634 e. The van der Waals surface area contributed by atoms with E-state index in [1.807, 2.05) is 0 Å². The van der Waals surface area contributed by atoms with Crippen molar-refractivity contribution in [3.8, 4) is 0 Å². The van der Waals surface area contributed by atoms with Gasteiger partial charge in [0.25, 0.3) is 0 Å². The summed E-state index contributed by atoms with van der Waals surface area (Å²) in [7, 11) is 0. The molecule has 1 saturated heterocycles. The second-order valence-electron chi connectivity index (χ2n) is 2.31. The van der Waals surface area contributed by atoms with Gasteiger partial charge in [-0.15, -0.1) is 0 Å². The highest BCUT2D eigenvalue weighted by molar-refractivity contribution is 9.12. The maximum atomic E-state index is 10.8. The van der Waals surface area contributed by atoms with E-state index in [-0.39, 0.29) is 0 Å². The van der Waals surface area contributed by atoms with Crippen molar-refractivity contribution in [3.05, 3.63) is 5.21 Å². The van der Waals surface area contributed by atoms with Crippen molar-refractivity contribution in [3.63, 3.8) is 0 Å². The number of hydroxylamine groups is 2. The molecule has 0 bridgehead atoms. The number of halogens is 2. The molecule has 0 spiro atoms. The molecule has 1 aliphatic rings. The Hall–Kier alpha value is 0.880. The fourth-order valence-corrected chi connectivity index (χ4v) is 1.97. The normalized spacial score (nSPS) is 45.0. The molecule has 0 aromatic rings. The topological polar surface area (TPSA) is 27.5 Å². The van der Waals surface area contributed by atoms with Crippen molar-refractivity contribution in [2.75, 3.05) is 13.1 Å². The van der Waals surface area contributed by atoms with Crippen LogP contribution in [0.3, 0.4) is 0 Å². The lowest BCUT2D eigenvalue weighted by atomic mass is 10.2. The quantitative estimate of drug-likeness (QED) is 0.491. The van der Waals surface area contributed by atoms with Crippen LogP contribution in [0.5, 0.6) is 0 Å². The molecule has 1 aliphatic heterocycles. The fourth-order valence-electron chi connectivity index (χ4n) is 0.927. The SMILES string of the molecule is [O-][NH+]1CCC(Br)C(Br)C1. The Bertz CT molecular complexity index is 101. The molecule has 3 atom stereocenters. The minimum Gasteiger partial charge on any atom is -0.634 e. The zero-order valence-electron chi connectivity index (χ0n) is 4.94. The van der Waals surface area contributed by atoms with Gasteiger partial charge in [0.2, 0.25) is 0 Å². The van der Waals surface area contributed by atoms with Gasteiger partial charge >= 0.3 is 0 Å². The summed E-state index contributed by atoms with van der Waals surface area (Å²) >= 11 is 6.91. The molecule has 1 N–H and O–H groups in total. The molecule has 54 valence electrons. The Morgan fingerprint density at radius 2 is 2.00 bits per heavy atom. The lowest BCUT2D eigenvalue weighted by Crippen LogP contribution is -3.09. The van der Waals surface area contributed by atoms with Crippen LogP contribution < -0.4 is 5.06 Å². The molecule has 0 aromatic carbocycles. The van der Waals surface area contributed by atoms with Crippen LogP contribution in [0.25, 0.3) is 0 Å². The van der Waals surface area contributed by atoms with Crippen molar-refractivity contribution >= 4 is 31.9 Å². The van der Waals surface area contributed by atoms with Crippen LogP contribution in [0.15, 0.2) is 0 Å². The van der Waals surface area contributed by atoms with Crippen LogP contribution in [0, 0.1) is 5.21 Å². The number of rotatable bonds is 0. The molecule has 2 nitrogen and oxygen atoms in total. The zero-order valence-corrected chi connectivity index (χ0v) is 8.11. The first-order valence-corrected chi connectivity index (χ1v) is 4.83. The van der Waals surface area contributed by atoms with Gasteiger partial charge < -0.3 is 10.3 Å². The third-order valence-corrected chi connectivity index (χ3v) is 4.28. The summed E-state index contributed by atoms with van der Waals surface area (Å²) < 4.78 is 0. The summed E-state index contributed by atoms with van der Waals surface area (Å²) in [5, 5.41) is 11.2. The van der Waals surface area contributed by atoms with E-state index in [0.29, 0.717) is 21.3 Å². The molecular formula is C5H9Br2NO. The number of hydrogen-bond acceptors (Lipinski definition) is 1. The molecule has 0 aliphatic carbocycles. The van der Waals surface area contributed by atoms with Gasteiger partial charge in [-0.3, -0.25) is 0 Å². The number of nitrogens with one attached hydrogen (secondary N) is 1. The van der Waals surface area contributed by atoms with Crippen LogP contribution >= 0.6 is 31.9 Å². The molecule has 4 heteroatoms. The Balaban J connectivity index is 2.35. The molecule has 3 unspecified atom stereocenters. The summed E-state index contributed by atoms with van der Waals surface area (Å²) in [6.07, 6.45) is 0.981. The third-order valence-electron chi connectivity index (χ3n) is 1.51. The van der Waals surface area contributed by atoms with Crippen molar-refractivity contribution in [1.82, 2.24) is 0 Å². The van der Waals surface area contributed by atoms with Gasteiger partial charge in [0.1, 0.15) is 0 Å². The van der Waals surface area contributed by atoms with E-state index in [2.05, 4.69) is 31.9 Å². The van der Waals surface area contributed by atoms with E-state index >= 15 is 0 Å². The van der Waals surface area contributed by atoms with E-state index in [1.54, 1.807) is 0 Å². The smallest absolute Gasteiger partial charge is 0.0906 e. The Morgan fingerprint density at radius 1 is 1.33 bits per heavy atom. The second-order valence-corrected chi connectivity index (χ2v) is 4.67. The average molecular weight is 259 g/mol. The van der Waals surface area contributed by atoms with E-state index in [9.17, 15) is 5.21 Å². The molecule has 1 rings (SSSR count). The second kappa shape index (κ2) is 3.32. The lowest BCUT2D eigenvalue weighted by Gasteiger charge is -2.32. The third kappa shape index (κ3) is 2.18. The van der Waals surface area contributed by atoms with Crippen LogP contribution in [-0.4, -0.2) is 22.7 Å². The van der Waals surface area contributed by atoms with Gasteiger partial charge in [0.15, 0.2) is 0 Å². The molecule has 9 heavy (non-hydrogen) atoms. The maximum Gasteiger partial charge on any atom is 0.0906 e. The molecular weight excluding hydrogens is 250 g/mol. The molecule has 1 heterocycles. The first-order chi connectivity index (χ1) is 4.20. The number of hydrogen-bond donors (Lipinski definition) is 1. The Kier molecular flexibility index (Phi) is 2.95. The van der Waals surface area contributed by atoms with Gasteiger partial charge in [-0.1, -0.05) is 31.9 Å². The maximum absolute atomic E-state index is 10.8. The van der Waals surface area contributed by atoms with Gasteiger partial charge in [0, 0.05) is 11.2 Å². The van der Waals surface area contributed by atoms with Crippen molar-refractivity contribution in [1.29, 1.82) is 0 Å². The van der Waals surface area contributed by atoms with Crippen molar-refractivity contribution in [2.45, 2.75) is 16.1 Å². The van der Waals surface area contributed by atoms with Crippen LogP contribution in [0.2, 0.25) is 0 Å². The fraction of sp³-hybridized carbons (Fsp3) is 1.00. The zero-order chi connectivity index (χ0) is 6.85. The summed E-state index contributed by atoms with van der Waals surface area (Å²) in [5.41, 5.74) is 0. The summed E-state index contributed by atoms with van der Waals surface area (Å²) in [5.74, 6) is 0. The molecule has 1 fully saturated rings. The Morgan fingerprint density at radius 3 is 2.44 bits per heavy atom. The van der Waals surface area contributed by atoms with Crippen molar-refractivity contribution < 1.29 is 5.06 Å². The van der Waals surface area contributed by atoms with E-state index in [1.165, 1.54) is 0 Å². The molecule has 0 aromatic heterocycles. The van der Waals surface area contributed by atoms with Crippen molar-refractivity contribution in [2.24, 2.45) is 0 Å². The monoisotopic (exact) mass is 257 g/mol. The minimum absolute atomic E-state index is 0.360. The lowest BCUT2D eigenvalue weighted by molar-refractivity contribution is -0.851. The van der Waals surface area contributed by atoms with Gasteiger partial charge in [-0.05, 0) is 0 Å². The van der Waals surface area contributed by atoms with Crippen LogP contribution in [-0.2, 0) is 0 Å². The number of quaternary nitrogens is 1. The Labute approximate surface area is 71.4 Å². The first kappa shape index (κ1) is 7.98. The van der Waals surface area contributed by atoms with E-state index in [0.717, 1.165) is 13.0 Å². The minimum atomic E-state index is 0.360. The predicted octanol–water partition coefficient (Wildman–Crippen LogP) is 0.300. The number of piperidine rings is 1. The van der Waals surface area contributed by atoms with E-state index < -0.39 is 0 Å². The highest BCUT2D eigenvalue weighted by atomic mass is 79.9. The summed E-state index contributed by atoms with van der Waals surface area (Å²) in [6.45, 7) is 1.44. The van der Waals surface area contributed by atoms with Crippen LogP contribution in [0.1, 0.15) is 6.42 Å². The first-order valence-electron chi connectivity index (χ1n) is 3.00. The van der Waals surface area contributed by atoms with Gasteiger partial charge in [-0.25, -0.2) is 0 Å². The standard InChI is InChI=1S/C5H9Br2NO/c6-4-1-2-8(9)3-5(4)7/h4-5,8H,1-3H2. The van der Waals surface area contributed by atoms with E-state index in [4.69, 9.17) is 0 Å². The highest BCUT2D eigenvalue weighted by Crippen LogP contribution is 2.17. The molecule has 0 saturated carbocycles. The predicted molar refractivity (Wildman–Crippen MR) is 44.1 cm³/mol. The van der Waals surface area contributed by atoms with Crippen LogP contribution in [0.4, 0.5) is 0 Å². The highest BCUT2D eigenvalue weighted by Gasteiger charge is 2.24. The molecule has 0 radical (unpaired) electrons. The summed E-state index contributed by atoms with van der Waals surface area (Å²) in [6, 6.07) is 0. The van der Waals surface area contributed by atoms with Gasteiger partial charge in [-0.2, -0.15) is 0 Å². The summed E-state index contributed by atoms with van der Waals surface area (Å²) in [4.78, 5) is 0.856.